The number of hydrogen-bond donors (Lipinski definition) is 0. The molecule has 0 radical (unpaired) electrons. The van der Waals surface area contributed by atoms with Crippen molar-refractivity contribution in [2.24, 2.45) is 0 Å². The van der Waals surface area contributed by atoms with Crippen molar-refractivity contribution in [3.8, 4) is 0 Å². The molecule has 0 spiro atoms. The van der Waals surface area contributed by atoms with Crippen molar-refractivity contribution in [3.63, 3.8) is 0 Å². The number of thiophene rings is 1. The lowest BCUT2D eigenvalue weighted by Gasteiger charge is -2.08. The number of alkyl halides is 3. The molecule has 0 aliphatic carbocycles. The van der Waals surface area contributed by atoms with Crippen LogP contribution in [0.1, 0.15) is 5.56 Å². The summed E-state index contributed by atoms with van der Waals surface area (Å²) < 4.78 is 40.4. The fourth-order valence-electron chi connectivity index (χ4n) is 2.01. The molecule has 0 nitrogen and oxygen atoms in total. The number of hydrogen-bond acceptors (Lipinski definition) is 1. The highest BCUT2D eigenvalue weighted by Gasteiger charge is 2.33. The molecule has 0 fully saturated rings. The summed E-state index contributed by atoms with van der Waals surface area (Å²) in [6.07, 6.45) is -4.30. The van der Waals surface area contributed by atoms with Crippen molar-refractivity contribution in [2.45, 2.75) is 6.18 Å². The lowest BCUT2D eigenvalue weighted by Crippen LogP contribution is -2.04. The maximum Gasteiger partial charge on any atom is 0.417 e. The Kier molecular flexibility index (Phi) is 2.16. The minimum atomic E-state index is -4.30. The average Bonchev–Trinajstić information content (AvgIpc) is 2.65. The van der Waals surface area contributed by atoms with Crippen LogP contribution in [0.15, 0.2) is 42.5 Å². The first-order valence-corrected chi connectivity index (χ1v) is 5.86. The van der Waals surface area contributed by atoms with Crippen molar-refractivity contribution >= 4 is 31.5 Å². The molecule has 86 valence electrons. The van der Waals surface area contributed by atoms with Gasteiger partial charge in [-0.25, -0.2) is 0 Å². The van der Waals surface area contributed by atoms with Gasteiger partial charge >= 0.3 is 6.18 Å². The second-order valence-corrected chi connectivity index (χ2v) is 4.86. The predicted octanol–water partition coefficient (Wildman–Crippen LogP) is 5.07. The van der Waals surface area contributed by atoms with Gasteiger partial charge in [0.2, 0.25) is 0 Å². The van der Waals surface area contributed by atoms with Gasteiger partial charge in [0.25, 0.3) is 0 Å². The summed E-state index contributed by atoms with van der Waals surface area (Å²) in [6, 6.07) is 11.5. The Morgan fingerprint density at radius 2 is 1.53 bits per heavy atom. The van der Waals surface area contributed by atoms with Crippen LogP contribution in [0, 0.1) is 0 Å². The molecule has 1 aromatic heterocycles. The van der Waals surface area contributed by atoms with Crippen molar-refractivity contribution < 1.29 is 13.2 Å². The Morgan fingerprint density at radius 1 is 0.824 bits per heavy atom. The zero-order valence-electron chi connectivity index (χ0n) is 8.58. The van der Waals surface area contributed by atoms with E-state index in [9.17, 15) is 13.2 Å². The number of benzene rings is 2. The van der Waals surface area contributed by atoms with Crippen molar-refractivity contribution in [2.75, 3.05) is 0 Å². The highest BCUT2D eigenvalue weighted by molar-refractivity contribution is 7.25. The highest BCUT2D eigenvalue weighted by Crippen LogP contribution is 2.41. The van der Waals surface area contributed by atoms with Gasteiger partial charge < -0.3 is 0 Å². The van der Waals surface area contributed by atoms with Crippen molar-refractivity contribution in [1.29, 1.82) is 0 Å². The molecule has 0 amide bonds. The van der Waals surface area contributed by atoms with Gasteiger partial charge in [-0.3, -0.25) is 0 Å². The molecule has 0 unspecified atom stereocenters. The fourth-order valence-corrected chi connectivity index (χ4v) is 3.14. The first-order chi connectivity index (χ1) is 8.07. The van der Waals surface area contributed by atoms with E-state index in [1.54, 1.807) is 18.2 Å². The SMILES string of the molecule is FC(F)(F)c1cccc2sc3ccccc3c12. The molecule has 0 N–H and O–H groups in total. The van der Waals surface area contributed by atoms with E-state index in [2.05, 4.69) is 0 Å². The number of fused-ring (bicyclic) bond motifs is 3. The van der Waals surface area contributed by atoms with E-state index in [1.165, 1.54) is 17.4 Å². The lowest BCUT2D eigenvalue weighted by atomic mass is 10.1. The summed E-state index contributed by atoms with van der Waals surface area (Å²) in [6.45, 7) is 0. The summed E-state index contributed by atoms with van der Waals surface area (Å²) in [7, 11) is 0. The summed E-state index contributed by atoms with van der Waals surface area (Å²) in [5.74, 6) is 0. The van der Waals surface area contributed by atoms with Gasteiger partial charge in [-0.15, -0.1) is 11.3 Å². The minimum absolute atomic E-state index is 0.320. The van der Waals surface area contributed by atoms with Crippen LogP contribution in [-0.4, -0.2) is 0 Å². The van der Waals surface area contributed by atoms with Gasteiger partial charge in [-0.2, -0.15) is 13.2 Å². The van der Waals surface area contributed by atoms with E-state index in [4.69, 9.17) is 0 Å². The van der Waals surface area contributed by atoms with Crippen LogP contribution in [0.5, 0.6) is 0 Å². The Hall–Kier alpha value is -1.55. The molecule has 0 atom stereocenters. The van der Waals surface area contributed by atoms with E-state index in [0.29, 0.717) is 15.5 Å². The second kappa shape index (κ2) is 3.47. The Balaban J connectivity index is 2.52. The molecule has 0 saturated heterocycles. The van der Waals surface area contributed by atoms with Crippen LogP contribution in [0.2, 0.25) is 0 Å². The minimum Gasteiger partial charge on any atom is -0.166 e. The first-order valence-electron chi connectivity index (χ1n) is 5.05. The third-order valence-corrected chi connectivity index (χ3v) is 3.84. The Bertz CT molecular complexity index is 695. The van der Waals surface area contributed by atoms with Crippen molar-refractivity contribution in [1.82, 2.24) is 0 Å². The molecular weight excluding hydrogens is 245 g/mol. The summed E-state index contributed by atoms with van der Waals surface area (Å²) in [5.41, 5.74) is -0.549. The molecule has 3 aromatic rings. The third-order valence-electron chi connectivity index (χ3n) is 2.71. The molecular formula is C13H7F3S. The molecule has 3 rings (SSSR count). The molecule has 4 heteroatoms. The van der Waals surface area contributed by atoms with Gasteiger partial charge in [-0.1, -0.05) is 24.3 Å². The second-order valence-electron chi connectivity index (χ2n) is 3.77. The molecule has 0 saturated carbocycles. The number of rotatable bonds is 0. The van der Waals surface area contributed by atoms with Crippen molar-refractivity contribution in [3.05, 3.63) is 48.0 Å². The van der Waals surface area contributed by atoms with Crippen LogP contribution in [-0.2, 0) is 6.18 Å². The zero-order valence-corrected chi connectivity index (χ0v) is 9.40. The molecule has 1 heterocycles. The van der Waals surface area contributed by atoms with E-state index < -0.39 is 11.7 Å². The fraction of sp³-hybridized carbons (Fsp3) is 0.0769. The van der Waals surface area contributed by atoms with Crippen LogP contribution < -0.4 is 0 Å². The molecule has 2 aromatic carbocycles. The normalized spacial score (nSPS) is 12.4. The third kappa shape index (κ3) is 1.60. The maximum absolute atomic E-state index is 12.9. The zero-order chi connectivity index (χ0) is 12.0. The van der Waals surface area contributed by atoms with Crippen LogP contribution in [0.25, 0.3) is 20.2 Å². The van der Waals surface area contributed by atoms with Gasteiger partial charge in [-0.05, 0) is 18.2 Å². The first kappa shape index (κ1) is 10.6. The summed E-state index contributed by atoms with van der Waals surface area (Å²) in [5, 5.41) is 1.00. The summed E-state index contributed by atoms with van der Waals surface area (Å²) in [4.78, 5) is 0. The topological polar surface area (TPSA) is 0 Å². The Morgan fingerprint density at radius 3 is 2.29 bits per heavy atom. The quantitative estimate of drug-likeness (QED) is 0.523. The van der Waals surface area contributed by atoms with E-state index >= 15 is 0 Å². The maximum atomic E-state index is 12.9. The monoisotopic (exact) mass is 252 g/mol. The molecule has 0 aliphatic rings. The number of halogens is 3. The van der Waals surface area contributed by atoms with Gasteiger partial charge in [0.1, 0.15) is 0 Å². The van der Waals surface area contributed by atoms with E-state index in [1.807, 2.05) is 12.1 Å². The van der Waals surface area contributed by atoms with Gasteiger partial charge in [0.05, 0.1) is 5.56 Å². The Labute approximate surface area is 99.3 Å². The van der Waals surface area contributed by atoms with Gasteiger partial charge in [0, 0.05) is 20.2 Å². The standard InChI is InChI=1S/C13H7F3S/c14-13(15,16)9-5-3-7-11-12(9)8-4-1-2-6-10(8)17-11/h1-7H. The average molecular weight is 252 g/mol. The smallest absolute Gasteiger partial charge is 0.166 e. The van der Waals surface area contributed by atoms with E-state index in [0.717, 1.165) is 10.8 Å². The van der Waals surface area contributed by atoms with Crippen LogP contribution in [0.4, 0.5) is 13.2 Å². The van der Waals surface area contributed by atoms with Crippen LogP contribution in [0.3, 0.4) is 0 Å². The highest BCUT2D eigenvalue weighted by atomic mass is 32.1. The largest absolute Gasteiger partial charge is 0.417 e. The van der Waals surface area contributed by atoms with E-state index in [-0.39, 0.29) is 0 Å². The molecule has 0 aliphatic heterocycles. The predicted molar refractivity (Wildman–Crippen MR) is 64.3 cm³/mol. The molecule has 0 bridgehead atoms. The summed E-state index contributed by atoms with van der Waals surface area (Å²) >= 11 is 1.39. The van der Waals surface area contributed by atoms with Gasteiger partial charge in [0.15, 0.2) is 0 Å². The molecule has 17 heavy (non-hydrogen) atoms. The van der Waals surface area contributed by atoms with Crippen LogP contribution >= 0.6 is 11.3 Å². The lowest BCUT2D eigenvalue weighted by molar-refractivity contribution is -0.136.